The molecule has 2 aromatic rings. The van der Waals surface area contributed by atoms with Gasteiger partial charge in [-0.15, -0.1) is 0 Å². The van der Waals surface area contributed by atoms with Crippen molar-refractivity contribution in [3.8, 4) is 6.07 Å². The average molecular weight is 444 g/mol. The van der Waals surface area contributed by atoms with Crippen molar-refractivity contribution in [3.63, 3.8) is 0 Å². The molecule has 0 saturated carbocycles. The number of carbonyl (C=O) groups is 1. The third-order valence-electron chi connectivity index (χ3n) is 4.76. The van der Waals surface area contributed by atoms with Crippen molar-refractivity contribution in [2.75, 3.05) is 17.4 Å². The number of rotatable bonds is 2. The topological polar surface area (TPSA) is 47.3 Å². The van der Waals surface area contributed by atoms with Crippen molar-refractivity contribution in [3.05, 3.63) is 75.0 Å². The summed E-state index contributed by atoms with van der Waals surface area (Å²) < 4.78 is 14.1. The molecule has 27 heavy (non-hydrogen) atoms. The summed E-state index contributed by atoms with van der Waals surface area (Å²) in [5.41, 5.74) is 2.46. The standard InChI is InChI=1S/C20H15BrFN3OS/c21-14-3-1-13(2-4-14)17-9-19(26)25-11-24(12-27-20(25)18(17)10-23)16-7-5-15(22)6-8-16/h1-8,17H,9,11-12H2. The molecule has 0 aliphatic carbocycles. The van der Waals surface area contributed by atoms with Gasteiger partial charge in [0, 0.05) is 22.5 Å². The summed E-state index contributed by atoms with van der Waals surface area (Å²) in [7, 11) is 0. The quantitative estimate of drug-likeness (QED) is 0.667. The fraction of sp³-hybridized carbons (Fsp3) is 0.200. The van der Waals surface area contributed by atoms with Crippen LogP contribution in [-0.4, -0.2) is 23.4 Å². The second-order valence-corrected chi connectivity index (χ2v) is 8.24. The van der Waals surface area contributed by atoms with E-state index in [9.17, 15) is 14.4 Å². The van der Waals surface area contributed by atoms with Crippen LogP contribution in [0.1, 0.15) is 17.9 Å². The Morgan fingerprint density at radius 3 is 2.52 bits per heavy atom. The molecule has 1 atom stereocenters. The van der Waals surface area contributed by atoms with E-state index in [2.05, 4.69) is 22.0 Å². The number of halogens is 2. The summed E-state index contributed by atoms with van der Waals surface area (Å²) >= 11 is 4.89. The molecule has 4 nitrogen and oxygen atoms in total. The first-order valence-corrected chi connectivity index (χ1v) is 10.2. The van der Waals surface area contributed by atoms with Gasteiger partial charge in [0.2, 0.25) is 5.91 Å². The number of carbonyl (C=O) groups excluding carboxylic acids is 1. The third kappa shape index (κ3) is 3.47. The van der Waals surface area contributed by atoms with Gasteiger partial charge >= 0.3 is 0 Å². The lowest BCUT2D eigenvalue weighted by molar-refractivity contribution is -0.129. The van der Waals surface area contributed by atoms with Crippen molar-refractivity contribution in [2.24, 2.45) is 0 Å². The predicted octanol–water partition coefficient (Wildman–Crippen LogP) is 4.81. The smallest absolute Gasteiger partial charge is 0.229 e. The van der Waals surface area contributed by atoms with Crippen molar-refractivity contribution in [2.45, 2.75) is 12.3 Å². The van der Waals surface area contributed by atoms with Gasteiger partial charge in [0.15, 0.2) is 0 Å². The fourth-order valence-electron chi connectivity index (χ4n) is 3.36. The fourth-order valence-corrected chi connectivity index (χ4v) is 4.79. The van der Waals surface area contributed by atoms with Crippen LogP contribution in [0.5, 0.6) is 0 Å². The molecule has 0 radical (unpaired) electrons. The Morgan fingerprint density at radius 1 is 1.15 bits per heavy atom. The predicted molar refractivity (Wildman–Crippen MR) is 107 cm³/mol. The Balaban J connectivity index is 1.65. The van der Waals surface area contributed by atoms with E-state index in [4.69, 9.17) is 0 Å². The highest BCUT2D eigenvalue weighted by atomic mass is 79.9. The minimum absolute atomic E-state index is 0.00349. The molecule has 2 aliphatic rings. The van der Waals surface area contributed by atoms with E-state index < -0.39 is 0 Å². The zero-order chi connectivity index (χ0) is 19.0. The summed E-state index contributed by atoms with van der Waals surface area (Å²) in [6, 6.07) is 16.3. The highest BCUT2D eigenvalue weighted by Crippen LogP contribution is 2.43. The average Bonchev–Trinajstić information content (AvgIpc) is 2.69. The van der Waals surface area contributed by atoms with Gasteiger partial charge in [-0.05, 0) is 42.0 Å². The molecule has 0 N–H and O–H groups in total. The zero-order valence-corrected chi connectivity index (χ0v) is 16.6. The minimum atomic E-state index is -0.290. The number of nitrogens with zero attached hydrogens (tertiary/aromatic N) is 3. The Morgan fingerprint density at radius 2 is 1.85 bits per heavy atom. The van der Waals surface area contributed by atoms with E-state index in [1.54, 1.807) is 17.0 Å². The van der Waals surface area contributed by atoms with Crippen molar-refractivity contribution >= 4 is 39.3 Å². The van der Waals surface area contributed by atoms with E-state index in [1.165, 1.54) is 23.9 Å². The molecule has 2 heterocycles. The van der Waals surface area contributed by atoms with Crippen LogP contribution in [0.25, 0.3) is 0 Å². The molecule has 1 fully saturated rings. The first kappa shape index (κ1) is 18.1. The molecule has 1 saturated heterocycles. The van der Waals surface area contributed by atoms with Crippen LogP contribution in [0.4, 0.5) is 10.1 Å². The molecule has 0 aromatic heterocycles. The van der Waals surface area contributed by atoms with Gasteiger partial charge in [0.1, 0.15) is 5.82 Å². The lowest BCUT2D eigenvalue weighted by Gasteiger charge is -2.42. The number of benzene rings is 2. The Bertz CT molecular complexity index is 953. The van der Waals surface area contributed by atoms with Crippen LogP contribution in [0.2, 0.25) is 0 Å². The Kier molecular flexibility index (Phi) is 4.94. The maximum Gasteiger partial charge on any atom is 0.229 e. The maximum absolute atomic E-state index is 13.2. The molecule has 0 bridgehead atoms. The van der Waals surface area contributed by atoms with E-state index in [0.29, 0.717) is 18.1 Å². The number of hydrogen-bond acceptors (Lipinski definition) is 4. The van der Waals surface area contributed by atoms with Crippen LogP contribution in [-0.2, 0) is 4.79 Å². The van der Waals surface area contributed by atoms with Crippen LogP contribution in [0.15, 0.2) is 63.6 Å². The van der Waals surface area contributed by atoms with Gasteiger partial charge in [-0.3, -0.25) is 9.69 Å². The highest BCUT2D eigenvalue weighted by Gasteiger charge is 2.38. The van der Waals surface area contributed by atoms with Gasteiger partial charge in [-0.2, -0.15) is 5.26 Å². The van der Waals surface area contributed by atoms with Gasteiger partial charge in [0.25, 0.3) is 0 Å². The minimum Gasteiger partial charge on any atom is -0.344 e. The van der Waals surface area contributed by atoms with Gasteiger partial charge < -0.3 is 4.90 Å². The van der Waals surface area contributed by atoms with E-state index in [0.717, 1.165) is 20.8 Å². The number of nitriles is 1. The lowest BCUT2D eigenvalue weighted by Crippen LogP contribution is -2.47. The van der Waals surface area contributed by atoms with E-state index in [1.807, 2.05) is 29.2 Å². The maximum atomic E-state index is 13.2. The van der Waals surface area contributed by atoms with Crippen LogP contribution < -0.4 is 4.90 Å². The summed E-state index contributed by atoms with van der Waals surface area (Å²) in [6.45, 7) is 0.366. The van der Waals surface area contributed by atoms with Crippen molar-refractivity contribution < 1.29 is 9.18 Å². The van der Waals surface area contributed by atoms with Crippen LogP contribution in [0.3, 0.4) is 0 Å². The summed E-state index contributed by atoms with van der Waals surface area (Å²) in [4.78, 5) is 16.5. The Hall–Kier alpha value is -2.30. The molecular formula is C20H15BrFN3OS. The summed E-state index contributed by atoms with van der Waals surface area (Å²) in [6.07, 6.45) is 0.270. The molecule has 136 valence electrons. The number of hydrogen-bond donors (Lipinski definition) is 0. The molecule has 1 amide bonds. The van der Waals surface area contributed by atoms with Gasteiger partial charge in [-0.1, -0.05) is 39.8 Å². The molecular weight excluding hydrogens is 429 g/mol. The third-order valence-corrected chi connectivity index (χ3v) is 6.44. The first-order valence-electron chi connectivity index (χ1n) is 8.40. The molecule has 4 rings (SSSR count). The monoisotopic (exact) mass is 443 g/mol. The largest absolute Gasteiger partial charge is 0.344 e. The SMILES string of the molecule is N#CC1=C2SCN(c3ccc(F)cc3)CN2C(=O)CC1c1ccc(Br)cc1. The van der Waals surface area contributed by atoms with Crippen molar-refractivity contribution in [1.82, 2.24) is 4.90 Å². The van der Waals surface area contributed by atoms with Crippen LogP contribution in [0, 0.1) is 17.1 Å². The molecule has 1 unspecified atom stereocenters. The van der Waals surface area contributed by atoms with Gasteiger partial charge in [0.05, 0.1) is 29.2 Å². The number of fused-ring (bicyclic) bond motifs is 1. The van der Waals surface area contributed by atoms with Crippen LogP contribution >= 0.6 is 27.7 Å². The molecule has 2 aliphatic heterocycles. The zero-order valence-electron chi connectivity index (χ0n) is 14.2. The molecule has 0 spiro atoms. The number of anilines is 1. The number of allylic oxidation sites excluding steroid dienone is 1. The highest BCUT2D eigenvalue weighted by molar-refractivity contribution is 9.10. The first-order chi connectivity index (χ1) is 13.1. The Labute approximate surface area is 169 Å². The molecule has 7 heteroatoms. The second kappa shape index (κ2) is 7.37. The molecule has 2 aromatic carbocycles. The van der Waals surface area contributed by atoms with E-state index in [-0.39, 0.29) is 24.1 Å². The summed E-state index contributed by atoms with van der Waals surface area (Å²) in [5.74, 6) is 0.0910. The number of thioether (sulfide) groups is 1. The number of amides is 1. The second-order valence-electron chi connectivity index (χ2n) is 6.39. The summed E-state index contributed by atoms with van der Waals surface area (Å²) in [5, 5.41) is 10.5. The van der Waals surface area contributed by atoms with Gasteiger partial charge in [-0.25, -0.2) is 4.39 Å². The normalized spacial score (nSPS) is 19.7. The lowest BCUT2D eigenvalue weighted by atomic mass is 9.86. The van der Waals surface area contributed by atoms with E-state index >= 15 is 0 Å². The van der Waals surface area contributed by atoms with Crippen molar-refractivity contribution in [1.29, 1.82) is 5.26 Å².